The maximum atomic E-state index is 13.0. The van der Waals surface area contributed by atoms with E-state index in [0.717, 1.165) is 54.8 Å². The highest BCUT2D eigenvalue weighted by atomic mass is 16.3. The van der Waals surface area contributed by atoms with Crippen LogP contribution >= 0.6 is 0 Å². The number of carbonyl (C=O) groups is 1. The van der Waals surface area contributed by atoms with Gasteiger partial charge in [-0.25, -0.2) is 9.97 Å². The highest BCUT2D eigenvalue weighted by Gasteiger charge is 2.29. The van der Waals surface area contributed by atoms with E-state index in [1.165, 1.54) is 32.1 Å². The number of rotatable bonds is 3. The summed E-state index contributed by atoms with van der Waals surface area (Å²) in [7, 11) is 0. The molecule has 1 atom stereocenters. The molecule has 1 N–H and O–H groups in total. The lowest BCUT2D eigenvalue weighted by Crippen LogP contribution is -2.46. The Morgan fingerprint density at radius 2 is 1.82 bits per heavy atom. The number of amides is 1. The lowest BCUT2D eigenvalue weighted by atomic mass is 9.93. The highest BCUT2D eigenvalue weighted by molar-refractivity contribution is 5.90. The van der Waals surface area contributed by atoms with Crippen molar-refractivity contribution in [2.75, 3.05) is 18.0 Å². The molecule has 2 aliphatic rings. The van der Waals surface area contributed by atoms with Crippen LogP contribution in [0.15, 0.2) is 10.7 Å². The third-order valence-electron chi connectivity index (χ3n) is 6.49. The zero-order valence-corrected chi connectivity index (χ0v) is 17.2. The van der Waals surface area contributed by atoms with Gasteiger partial charge < -0.3 is 14.6 Å². The summed E-state index contributed by atoms with van der Waals surface area (Å²) in [6, 6.07) is 0.354. The van der Waals surface area contributed by atoms with Crippen LogP contribution in [-0.2, 0) is 4.79 Å². The van der Waals surface area contributed by atoms with Crippen LogP contribution in [0.2, 0.25) is 0 Å². The Kier molecular flexibility index (Phi) is 5.83. The Hall–Kier alpha value is -2.11. The fraction of sp³-hybridized carbons (Fsp3) is 0.682. The second kappa shape index (κ2) is 8.50. The van der Waals surface area contributed by atoms with Gasteiger partial charge in [-0.2, -0.15) is 0 Å². The molecule has 3 heterocycles. The smallest absolute Gasteiger partial charge is 0.231 e. The molecule has 0 radical (unpaired) electrons. The number of hydrogen-bond acceptors (Lipinski definition) is 5. The summed E-state index contributed by atoms with van der Waals surface area (Å²) in [5.74, 6) is 2.04. The van der Waals surface area contributed by atoms with Gasteiger partial charge in [0.05, 0.1) is 11.3 Å². The van der Waals surface area contributed by atoms with Crippen LogP contribution in [0.1, 0.15) is 69.1 Å². The predicted octanol–water partition coefficient (Wildman–Crippen LogP) is 4.29. The zero-order chi connectivity index (χ0) is 19.5. The van der Waals surface area contributed by atoms with E-state index in [-0.39, 0.29) is 11.8 Å². The van der Waals surface area contributed by atoms with E-state index >= 15 is 0 Å². The Bertz CT molecular complexity index is 823. The topological polar surface area (TPSA) is 71.3 Å². The molecule has 1 aliphatic carbocycles. The molecule has 0 spiro atoms. The van der Waals surface area contributed by atoms with Crippen LogP contribution in [0.5, 0.6) is 0 Å². The van der Waals surface area contributed by atoms with Gasteiger partial charge in [0.1, 0.15) is 17.9 Å². The molecular formula is C22H32N4O2. The molecule has 1 saturated heterocycles. The number of carbonyl (C=O) groups excluding carboxylic acids is 1. The maximum absolute atomic E-state index is 13.0. The Morgan fingerprint density at radius 3 is 2.61 bits per heavy atom. The third kappa shape index (κ3) is 4.01. The van der Waals surface area contributed by atoms with E-state index in [2.05, 4.69) is 27.1 Å². The van der Waals surface area contributed by atoms with Gasteiger partial charge in [0, 0.05) is 24.7 Å². The summed E-state index contributed by atoms with van der Waals surface area (Å²) in [5.41, 5.74) is 1.73. The van der Waals surface area contributed by atoms with Crippen molar-refractivity contribution in [2.24, 2.45) is 5.92 Å². The molecular weight excluding hydrogens is 352 g/mol. The second-order valence-corrected chi connectivity index (χ2v) is 8.50. The second-order valence-electron chi connectivity index (χ2n) is 8.50. The monoisotopic (exact) mass is 384 g/mol. The average Bonchev–Trinajstić information content (AvgIpc) is 2.98. The van der Waals surface area contributed by atoms with Gasteiger partial charge >= 0.3 is 0 Å². The molecule has 1 saturated carbocycles. The Balaban J connectivity index is 1.46. The van der Waals surface area contributed by atoms with Crippen molar-refractivity contribution >= 4 is 22.8 Å². The van der Waals surface area contributed by atoms with Crippen LogP contribution in [0, 0.1) is 19.8 Å². The number of fused-ring (bicyclic) bond motifs is 1. The van der Waals surface area contributed by atoms with Crippen molar-refractivity contribution in [2.45, 2.75) is 77.7 Å². The van der Waals surface area contributed by atoms with Crippen LogP contribution in [0.3, 0.4) is 0 Å². The molecule has 4 rings (SSSR count). The lowest BCUT2D eigenvalue weighted by molar-refractivity contribution is -0.126. The number of nitrogens with one attached hydrogen (secondary N) is 1. The summed E-state index contributed by atoms with van der Waals surface area (Å²) >= 11 is 0. The van der Waals surface area contributed by atoms with Gasteiger partial charge in [-0.05, 0) is 39.5 Å². The fourth-order valence-electron chi connectivity index (χ4n) is 4.71. The molecule has 0 aromatic carbocycles. The van der Waals surface area contributed by atoms with Gasteiger partial charge in [-0.15, -0.1) is 0 Å². The minimum Gasteiger partial charge on any atom is -0.443 e. The first-order chi connectivity index (χ1) is 13.6. The largest absolute Gasteiger partial charge is 0.443 e. The molecule has 2 fully saturated rings. The molecule has 0 bridgehead atoms. The van der Waals surface area contributed by atoms with E-state index < -0.39 is 0 Å². The molecule has 6 heteroatoms. The first-order valence-electron chi connectivity index (χ1n) is 10.9. The van der Waals surface area contributed by atoms with E-state index in [1.807, 2.05) is 6.92 Å². The molecule has 28 heavy (non-hydrogen) atoms. The van der Waals surface area contributed by atoms with Crippen molar-refractivity contribution in [3.63, 3.8) is 0 Å². The van der Waals surface area contributed by atoms with Gasteiger partial charge in [0.25, 0.3) is 0 Å². The normalized spacial score (nSPS) is 22.1. The molecule has 2 aromatic heterocycles. The lowest BCUT2D eigenvalue weighted by Gasteiger charge is -2.34. The molecule has 1 aliphatic heterocycles. The zero-order valence-electron chi connectivity index (χ0n) is 17.2. The van der Waals surface area contributed by atoms with Crippen molar-refractivity contribution < 1.29 is 9.21 Å². The molecule has 152 valence electrons. The summed E-state index contributed by atoms with van der Waals surface area (Å²) < 4.78 is 5.77. The molecule has 1 amide bonds. The number of aromatic nitrogens is 2. The molecule has 2 aromatic rings. The fourth-order valence-corrected chi connectivity index (χ4v) is 4.71. The van der Waals surface area contributed by atoms with Crippen LogP contribution < -0.4 is 10.2 Å². The summed E-state index contributed by atoms with van der Waals surface area (Å²) in [5, 5.41) is 4.35. The predicted molar refractivity (Wildman–Crippen MR) is 110 cm³/mol. The SMILES string of the molecule is Cc1oc2ncnc(N3CCC[C@@H](C(=O)NC4CCCCCCC4)C3)c2c1C. The van der Waals surface area contributed by atoms with Crippen molar-refractivity contribution in [1.29, 1.82) is 0 Å². The maximum Gasteiger partial charge on any atom is 0.231 e. The van der Waals surface area contributed by atoms with Gasteiger partial charge in [-0.3, -0.25) is 4.79 Å². The Labute approximate surface area is 167 Å². The van der Waals surface area contributed by atoms with Crippen molar-refractivity contribution in [3.8, 4) is 0 Å². The minimum atomic E-state index is 0.0255. The molecule has 6 nitrogen and oxygen atoms in total. The van der Waals surface area contributed by atoms with E-state index in [0.29, 0.717) is 18.3 Å². The third-order valence-corrected chi connectivity index (χ3v) is 6.49. The first kappa shape index (κ1) is 19.2. The number of nitrogens with zero attached hydrogens (tertiary/aromatic N) is 3. The number of anilines is 1. The number of hydrogen-bond donors (Lipinski definition) is 1. The van der Waals surface area contributed by atoms with Crippen LogP contribution in [-0.4, -0.2) is 35.0 Å². The van der Waals surface area contributed by atoms with E-state index in [1.54, 1.807) is 6.33 Å². The van der Waals surface area contributed by atoms with Gasteiger partial charge in [0.2, 0.25) is 11.6 Å². The van der Waals surface area contributed by atoms with Gasteiger partial charge in [-0.1, -0.05) is 32.1 Å². The van der Waals surface area contributed by atoms with Crippen molar-refractivity contribution in [1.82, 2.24) is 15.3 Å². The quantitative estimate of drug-likeness (QED) is 0.855. The highest BCUT2D eigenvalue weighted by Crippen LogP contribution is 2.32. The van der Waals surface area contributed by atoms with Crippen LogP contribution in [0.25, 0.3) is 11.1 Å². The summed E-state index contributed by atoms with van der Waals surface area (Å²) in [6.07, 6.45) is 12.2. The minimum absolute atomic E-state index is 0.0255. The Morgan fingerprint density at radius 1 is 1.07 bits per heavy atom. The average molecular weight is 385 g/mol. The van der Waals surface area contributed by atoms with Gasteiger partial charge in [0.15, 0.2) is 0 Å². The number of furan rings is 1. The molecule has 0 unspecified atom stereocenters. The first-order valence-corrected chi connectivity index (χ1v) is 10.9. The summed E-state index contributed by atoms with van der Waals surface area (Å²) in [4.78, 5) is 24.1. The van der Waals surface area contributed by atoms with Crippen LogP contribution in [0.4, 0.5) is 5.82 Å². The van der Waals surface area contributed by atoms with E-state index in [9.17, 15) is 4.79 Å². The number of aryl methyl sites for hydroxylation is 2. The summed E-state index contributed by atoms with van der Waals surface area (Å²) in [6.45, 7) is 5.65. The van der Waals surface area contributed by atoms with Crippen molar-refractivity contribution in [3.05, 3.63) is 17.7 Å². The van der Waals surface area contributed by atoms with E-state index in [4.69, 9.17) is 4.42 Å². The standard InChI is InChI=1S/C22H32N4O2/c1-15-16(2)28-22-19(15)20(23-14-24-22)26-12-8-9-17(13-26)21(27)25-18-10-6-4-3-5-7-11-18/h14,17-18H,3-13H2,1-2H3,(H,25,27)/t17-/m1/s1. The number of piperidine rings is 1.